The highest BCUT2D eigenvalue weighted by Gasteiger charge is 2.25. The van der Waals surface area contributed by atoms with Crippen LogP contribution in [0, 0.1) is 5.41 Å². The van der Waals surface area contributed by atoms with Gasteiger partial charge in [0.2, 0.25) is 5.91 Å². The highest BCUT2D eigenvalue weighted by Crippen LogP contribution is 2.20. The maximum Gasteiger partial charge on any atom is 0.233 e. The molecular weight excluding hydrogens is 242 g/mol. The quantitative estimate of drug-likeness (QED) is 0.619. The highest BCUT2D eigenvalue weighted by atomic mass is 16.3. The Morgan fingerprint density at radius 2 is 2.05 bits per heavy atom. The molecule has 1 heterocycles. The zero-order chi connectivity index (χ0) is 14.3. The van der Waals surface area contributed by atoms with Gasteiger partial charge in [0.1, 0.15) is 0 Å². The molecule has 0 aromatic rings. The SMILES string of the molecule is CCC(C)(CO)CNC1CCN(CC(=O)NC)CC1. The van der Waals surface area contributed by atoms with Crippen LogP contribution in [-0.4, -0.2) is 61.8 Å². The molecule has 1 atom stereocenters. The average molecular weight is 271 g/mol. The molecule has 112 valence electrons. The van der Waals surface area contributed by atoms with Gasteiger partial charge >= 0.3 is 0 Å². The van der Waals surface area contributed by atoms with Crippen molar-refractivity contribution in [1.82, 2.24) is 15.5 Å². The Hall–Kier alpha value is -0.650. The summed E-state index contributed by atoms with van der Waals surface area (Å²) in [5, 5.41) is 15.6. The van der Waals surface area contributed by atoms with Crippen molar-refractivity contribution < 1.29 is 9.90 Å². The minimum absolute atomic E-state index is 0.0147. The first-order chi connectivity index (χ1) is 9.03. The zero-order valence-electron chi connectivity index (χ0n) is 12.5. The highest BCUT2D eigenvalue weighted by molar-refractivity contribution is 5.77. The van der Waals surface area contributed by atoms with Gasteiger partial charge in [-0.1, -0.05) is 13.8 Å². The van der Waals surface area contributed by atoms with Crippen LogP contribution >= 0.6 is 0 Å². The number of amides is 1. The maximum atomic E-state index is 11.3. The number of piperidine rings is 1. The van der Waals surface area contributed by atoms with E-state index in [1.165, 1.54) is 0 Å². The summed E-state index contributed by atoms with van der Waals surface area (Å²) in [6, 6.07) is 0.512. The van der Waals surface area contributed by atoms with E-state index in [1.807, 2.05) is 0 Å². The number of nitrogens with zero attached hydrogens (tertiary/aromatic N) is 1. The number of hydrogen-bond acceptors (Lipinski definition) is 4. The molecule has 0 saturated carbocycles. The van der Waals surface area contributed by atoms with E-state index in [4.69, 9.17) is 0 Å². The predicted molar refractivity (Wildman–Crippen MR) is 77.0 cm³/mol. The molecule has 3 N–H and O–H groups in total. The van der Waals surface area contributed by atoms with Gasteiger partial charge in [0.15, 0.2) is 0 Å². The minimum Gasteiger partial charge on any atom is -0.396 e. The van der Waals surface area contributed by atoms with E-state index in [0.717, 1.165) is 38.9 Å². The Balaban J connectivity index is 2.25. The van der Waals surface area contributed by atoms with Crippen molar-refractivity contribution in [3.63, 3.8) is 0 Å². The average Bonchev–Trinajstić information content (AvgIpc) is 2.46. The van der Waals surface area contributed by atoms with Crippen LogP contribution in [0.3, 0.4) is 0 Å². The second-order valence-corrected chi connectivity index (χ2v) is 5.93. The van der Waals surface area contributed by atoms with E-state index >= 15 is 0 Å². The fourth-order valence-electron chi connectivity index (χ4n) is 2.26. The van der Waals surface area contributed by atoms with Crippen LogP contribution in [0.4, 0.5) is 0 Å². The van der Waals surface area contributed by atoms with E-state index in [9.17, 15) is 9.90 Å². The van der Waals surface area contributed by atoms with Gasteiger partial charge in [-0.2, -0.15) is 0 Å². The Bertz CT molecular complexity index is 272. The Morgan fingerprint density at radius 1 is 1.42 bits per heavy atom. The summed E-state index contributed by atoms with van der Waals surface area (Å²) in [4.78, 5) is 13.5. The molecule has 0 radical (unpaired) electrons. The minimum atomic E-state index is -0.0147. The third-order valence-electron chi connectivity index (χ3n) is 4.29. The first-order valence-corrected chi connectivity index (χ1v) is 7.30. The molecule has 5 heteroatoms. The first kappa shape index (κ1) is 16.4. The molecule has 1 rings (SSSR count). The second kappa shape index (κ2) is 7.82. The van der Waals surface area contributed by atoms with Crippen molar-refractivity contribution >= 4 is 5.91 Å². The topological polar surface area (TPSA) is 64.6 Å². The van der Waals surface area contributed by atoms with Gasteiger partial charge < -0.3 is 15.7 Å². The van der Waals surface area contributed by atoms with Gasteiger partial charge in [-0.3, -0.25) is 9.69 Å². The van der Waals surface area contributed by atoms with Gasteiger partial charge in [-0.15, -0.1) is 0 Å². The second-order valence-electron chi connectivity index (χ2n) is 5.93. The van der Waals surface area contributed by atoms with Crippen LogP contribution in [0.5, 0.6) is 0 Å². The molecule has 0 bridgehead atoms. The molecule has 0 spiro atoms. The van der Waals surface area contributed by atoms with E-state index in [1.54, 1.807) is 7.05 Å². The normalized spacial score (nSPS) is 21.1. The smallest absolute Gasteiger partial charge is 0.233 e. The molecule has 0 aliphatic carbocycles. The molecule has 1 aliphatic heterocycles. The summed E-state index contributed by atoms with van der Waals surface area (Å²) < 4.78 is 0. The van der Waals surface area contributed by atoms with Crippen molar-refractivity contribution in [2.45, 2.75) is 39.2 Å². The van der Waals surface area contributed by atoms with Crippen molar-refractivity contribution in [1.29, 1.82) is 0 Å². The number of carbonyl (C=O) groups is 1. The molecule has 5 nitrogen and oxygen atoms in total. The number of likely N-dealkylation sites (N-methyl/N-ethyl adjacent to an activating group) is 1. The van der Waals surface area contributed by atoms with Crippen LogP contribution in [0.1, 0.15) is 33.1 Å². The molecule has 1 aliphatic rings. The van der Waals surface area contributed by atoms with Gasteiger partial charge in [0.05, 0.1) is 6.54 Å². The number of carbonyl (C=O) groups excluding carboxylic acids is 1. The fourth-order valence-corrected chi connectivity index (χ4v) is 2.26. The van der Waals surface area contributed by atoms with Gasteiger partial charge in [0.25, 0.3) is 0 Å². The largest absolute Gasteiger partial charge is 0.396 e. The van der Waals surface area contributed by atoms with Crippen molar-refractivity contribution in [3.8, 4) is 0 Å². The third kappa shape index (κ3) is 5.47. The lowest BCUT2D eigenvalue weighted by Crippen LogP contribution is -2.48. The summed E-state index contributed by atoms with van der Waals surface area (Å²) in [6.45, 7) is 7.75. The lowest BCUT2D eigenvalue weighted by Gasteiger charge is -2.34. The van der Waals surface area contributed by atoms with Crippen molar-refractivity contribution in [2.75, 3.05) is 39.8 Å². The van der Waals surface area contributed by atoms with Crippen LogP contribution in [0.25, 0.3) is 0 Å². The molecule has 19 heavy (non-hydrogen) atoms. The molecule has 1 fully saturated rings. The Kier molecular flexibility index (Phi) is 6.75. The summed E-state index contributed by atoms with van der Waals surface area (Å²) in [6.07, 6.45) is 3.12. The van der Waals surface area contributed by atoms with Crippen LogP contribution in [-0.2, 0) is 4.79 Å². The standard InChI is InChI=1S/C14H29N3O2/c1-4-14(2,11-18)10-16-12-5-7-17(8-6-12)9-13(19)15-3/h12,16,18H,4-11H2,1-3H3,(H,15,19). The van der Waals surface area contributed by atoms with Gasteiger partial charge in [0, 0.05) is 44.7 Å². The molecule has 1 amide bonds. The van der Waals surface area contributed by atoms with E-state index < -0.39 is 0 Å². The molecular formula is C14H29N3O2. The summed E-state index contributed by atoms with van der Waals surface area (Å²) in [5.41, 5.74) is -0.0147. The monoisotopic (exact) mass is 271 g/mol. The maximum absolute atomic E-state index is 11.3. The predicted octanol–water partition coefficient (Wildman–Crippen LogP) is 0.195. The van der Waals surface area contributed by atoms with Gasteiger partial charge in [-0.25, -0.2) is 0 Å². The molecule has 0 aromatic carbocycles. The Labute approximate surface area is 116 Å². The van der Waals surface area contributed by atoms with Crippen LogP contribution < -0.4 is 10.6 Å². The van der Waals surface area contributed by atoms with E-state index in [2.05, 4.69) is 29.4 Å². The van der Waals surface area contributed by atoms with Crippen molar-refractivity contribution in [2.24, 2.45) is 5.41 Å². The number of rotatable bonds is 7. The number of aliphatic hydroxyl groups excluding tert-OH is 1. The van der Waals surface area contributed by atoms with E-state index in [-0.39, 0.29) is 17.9 Å². The summed E-state index contributed by atoms with van der Waals surface area (Å²) in [5.74, 6) is 0.0882. The summed E-state index contributed by atoms with van der Waals surface area (Å²) >= 11 is 0. The number of hydrogen-bond donors (Lipinski definition) is 3. The van der Waals surface area contributed by atoms with E-state index in [0.29, 0.717) is 12.6 Å². The lowest BCUT2D eigenvalue weighted by molar-refractivity contribution is -0.122. The number of aliphatic hydroxyl groups is 1. The first-order valence-electron chi connectivity index (χ1n) is 7.30. The number of nitrogens with one attached hydrogen (secondary N) is 2. The molecule has 1 saturated heterocycles. The Morgan fingerprint density at radius 3 is 2.53 bits per heavy atom. The van der Waals surface area contributed by atoms with Crippen molar-refractivity contribution in [3.05, 3.63) is 0 Å². The van der Waals surface area contributed by atoms with Crippen LogP contribution in [0.2, 0.25) is 0 Å². The zero-order valence-corrected chi connectivity index (χ0v) is 12.5. The third-order valence-corrected chi connectivity index (χ3v) is 4.29. The fraction of sp³-hybridized carbons (Fsp3) is 0.929. The van der Waals surface area contributed by atoms with Crippen LogP contribution in [0.15, 0.2) is 0 Å². The molecule has 1 unspecified atom stereocenters. The van der Waals surface area contributed by atoms with Gasteiger partial charge in [-0.05, 0) is 19.3 Å². The summed E-state index contributed by atoms with van der Waals surface area (Å²) in [7, 11) is 1.68. The lowest BCUT2D eigenvalue weighted by atomic mass is 9.88. The molecule has 0 aromatic heterocycles. The number of likely N-dealkylation sites (tertiary alicyclic amines) is 1.